The summed E-state index contributed by atoms with van der Waals surface area (Å²) in [4.78, 5) is 0. The summed E-state index contributed by atoms with van der Waals surface area (Å²) in [6, 6.07) is 16.0. The molecule has 0 aliphatic heterocycles. The van der Waals surface area contributed by atoms with Gasteiger partial charge in [0, 0.05) is 0 Å². The molecule has 0 radical (unpaired) electrons. The number of hydrogen-bond donors (Lipinski definition) is 0. The average Bonchev–Trinajstić information content (AvgIpc) is 3.19. The molecule has 1 atom stereocenters. The Bertz CT molecular complexity index is 886. The number of hydrogen-bond acceptors (Lipinski definition) is 0. The van der Waals surface area contributed by atoms with Crippen molar-refractivity contribution in [1.29, 1.82) is 0 Å². The van der Waals surface area contributed by atoms with Crippen LogP contribution in [0.3, 0.4) is 0 Å². The van der Waals surface area contributed by atoms with Crippen LogP contribution in [0.4, 0.5) is 0 Å². The zero-order chi connectivity index (χ0) is 19.2. The monoisotopic (exact) mass is 505 g/mol. The molecule has 2 aliphatic carbocycles. The zero-order valence-corrected chi connectivity index (χ0v) is 22.1. The molecule has 0 nitrogen and oxygen atoms in total. The molecule has 3 heteroatoms. The minimum atomic E-state index is 0. The van der Waals surface area contributed by atoms with Gasteiger partial charge in [0.25, 0.3) is 0 Å². The van der Waals surface area contributed by atoms with Crippen molar-refractivity contribution in [3.05, 3.63) is 64.7 Å². The molecular weight excluding hydrogens is 474 g/mol. The van der Waals surface area contributed by atoms with E-state index in [1.165, 1.54) is 54.4 Å². The van der Waals surface area contributed by atoms with Crippen molar-refractivity contribution in [3.8, 4) is 11.1 Å². The molecule has 2 aromatic carbocycles. The van der Waals surface area contributed by atoms with E-state index in [1.54, 1.807) is 35.9 Å². The molecule has 2 aliphatic rings. The van der Waals surface area contributed by atoms with Crippen molar-refractivity contribution in [3.63, 3.8) is 0 Å². The fourth-order valence-electron chi connectivity index (χ4n) is 5.12. The van der Waals surface area contributed by atoms with Gasteiger partial charge in [-0.3, -0.25) is 0 Å². The Morgan fingerprint density at radius 3 is 2.21 bits per heavy atom. The van der Waals surface area contributed by atoms with Crippen LogP contribution in [0.5, 0.6) is 0 Å². The Labute approximate surface area is 204 Å². The first kappa shape index (κ1) is 24.9. The third-order valence-corrected chi connectivity index (χ3v) is 8.29. The van der Waals surface area contributed by atoms with Crippen LogP contribution in [-0.4, -0.2) is 0 Å². The van der Waals surface area contributed by atoms with E-state index < -0.39 is 0 Å². The number of fused-ring (bicyclic) bond motifs is 1. The topological polar surface area (TPSA) is 0 Å². The first-order chi connectivity index (χ1) is 12.8. The fourth-order valence-corrected chi connectivity index (χ4v) is 6.20. The summed E-state index contributed by atoms with van der Waals surface area (Å²) in [5.74, 6) is 0. The normalized spacial score (nSPS) is 19.7. The summed E-state index contributed by atoms with van der Waals surface area (Å²) in [6.07, 6.45) is 9.50. The number of rotatable bonds is 3. The maximum absolute atomic E-state index is 2.56. The van der Waals surface area contributed by atoms with E-state index in [9.17, 15) is 0 Å². The largest absolute Gasteiger partial charge is 0.147 e. The fraction of sp³-hybridized carbons (Fsp3) is 0.462. The van der Waals surface area contributed by atoms with Crippen LogP contribution in [0, 0.1) is 5.41 Å². The molecule has 0 heterocycles. The summed E-state index contributed by atoms with van der Waals surface area (Å²) < 4.78 is 0.645. The third kappa shape index (κ3) is 4.94. The molecule has 0 aromatic heterocycles. The Morgan fingerprint density at radius 1 is 0.931 bits per heavy atom. The quantitative estimate of drug-likeness (QED) is 0.391. The Morgan fingerprint density at radius 2 is 1.55 bits per heavy atom. The van der Waals surface area contributed by atoms with Gasteiger partial charge in [0.05, 0.1) is 0 Å². The van der Waals surface area contributed by atoms with E-state index in [-0.39, 0.29) is 30.2 Å². The molecular formula is C26H33Cl2Zr. The summed E-state index contributed by atoms with van der Waals surface area (Å²) >= 11 is 1.63. The van der Waals surface area contributed by atoms with Crippen molar-refractivity contribution in [2.75, 3.05) is 0 Å². The van der Waals surface area contributed by atoms with Gasteiger partial charge in [0.1, 0.15) is 0 Å². The smallest absolute Gasteiger partial charge is 0.147 e. The van der Waals surface area contributed by atoms with Gasteiger partial charge in [0.2, 0.25) is 0 Å². The van der Waals surface area contributed by atoms with Crippen LogP contribution in [0.1, 0.15) is 80.1 Å². The van der Waals surface area contributed by atoms with E-state index in [2.05, 4.69) is 76.2 Å². The standard InChI is InChI=1S/C26H31.2ClH.Zr/c1-25(2,3)24-13-6-5-11-22(24)21-12-9-10-20-16-19(17-23(20)21)18-26(4)14-7-8-15-26;;;/h5-6,9-13,16-17H,7-8,14-15,18H2,1-4H3;2*1H;. The summed E-state index contributed by atoms with van der Waals surface area (Å²) in [6.45, 7) is 9.49. The van der Waals surface area contributed by atoms with Crippen LogP contribution in [0.15, 0.2) is 48.0 Å². The van der Waals surface area contributed by atoms with E-state index in [1.807, 2.05) is 0 Å². The van der Waals surface area contributed by atoms with Gasteiger partial charge in [-0.15, -0.1) is 24.8 Å². The molecule has 155 valence electrons. The predicted octanol–water partition coefficient (Wildman–Crippen LogP) is 8.45. The molecule has 2 aromatic rings. The van der Waals surface area contributed by atoms with Crippen LogP contribution >= 0.6 is 24.8 Å². The molecule has 1 unspecified atom stereocenters. The molecule has 1 saturated carbocycles. The Hall–Kier alpha value is -0.357. The van der Waals surface area contributed by atoms with Crippen molar-refractivity contribution >= 4 is 30.9 Å². The second kappa shape index (κ2) is 9.42. The molecule has 0 amide bonds. The molecule has 1 fully saturated rings. The van der Waals surface area contributed by atoms with Gasteiger partial charge in [-0.05, 0) is 0 Å². The molecule has 0 N–H and O–H groups in total. The molecule has 0 saturated heterocycles. The summed E-state index contributed by atoms with van der Waals surface area (Å²) in [7, 11) is 0. The Kier molecular flexibility index (Phi) is 8.09. The first-order valence-electron chi connectivity index (χ1n) is 10.4. The molecule has 29 heavy (non-hydrogen) atoms. The van der Waals surface area contributed by atoms with Crippen molar-refractivity contribution in [2.45, 2.75) is 68.8 Å². The summed E-state index contributed by atoms with van der Waals surface area (Å²) in [5, 5.41) is 0. The van der Waals surface area contributed by atoms with Gasteiger partial charge in [-0.2, -0.15) is 0 Å². The van der Waals surface area contributed by atoms with Gasteiger partial charge < -0.3 is 0 Å². The number of allylic oxidation sites excluding steroid dienone is 1. The second-order valence-corrected chi connectivity index (χ2v) is 11.4. The van der Waals surface area contributed by atoms with Gasteiger partial charge in [-0.1, -0.05) is 0 Å². The van der Waals surface area contributed by atoms with Gasteiger partial charge >= 0.3 is 181 Å². The van der Waals surface area contributed by atoms with Crippen LogP contribution < -0.4 is 0 Å². The maximum atomic E-state index is 2.56. The average molecular weight is 508 g/mol. The maximum Gasteiger partial charge on any atom is -0.147 e. The van der Waals surface area contributed by atoms with Crippen LogP contribution in [-0.2, 0) is 30.1 Å². The van der Waals surface area contributed by atoms with E-state index >= 15 is 0 Å². The van der Waals surface area contributed by atoms with E-state index in [0.717, 1.165) is 0 Å². The van der Waals surface area contributed by atoms with Crippen LogP contribution in [0.25, 0.3) is 17.2 Å². The molecule has 0 spiro atoms. The minimum Gasteiger partial charge on any atom is -0.147 e. The van der Waals surface area contributed by atoms with Crippen molar-refractivity contribution in [2.24, 2.45) is 5.41 Å². The number of halogens is 2. The van der Waals surface area contributed by atoms with E-state index in [4.69, 9.17) is 0 Å². The van der Waals surface area contributed by atoms with E-state index in [0.29, 0.717) is 9.04 Å². The molecule has 0 bridgehead atoms. The van der Waals surface area contributed by atoms with Crippen molar-refractivity contribution < 1.29 is 24.7 Å². The SMILES string of the molecule is CC1(CC2=Cc3c(-c4ccccc4C(C)(C)C)cccc3[CH]2[Zr])CCCC1.Cl.Cl. The Balaban J connectivity index is 0.00000150. The zero-order valence-electron chi connectivity index (χ0n) is 18.0. The first-order valence-corrected chi connectivity index (χ1v) is 11.8. The minimum absolute atomic E-state index is 0. The number of benzene rings is 2. The van der Waals surface area contributed by atoms with Crippen molar-refractivity contribution in [1.82, 2.24) is 0 Å². The van der Waals surface area contributed by atoms with Crippen LogP contribution in [0.2, 0.25) is 0 Å². The molecule has 4 rings (SSSR count). The predicted molar refractivity (Wildman–Crippen MR) is 127 cm³/mol. The van der Waals surface area contributed by atoms with Gasteiger partial charge in [0.15, 0.2) is 0 Å². The third-order valence-electron chi connectivity index (χ3n) is 6.62. The second-order valence-electron chi connectivity index (χ2n) is 9.95. The summed E-state index contributed by atoms with van der Waals surface area (Å²) in [5.41, 5.74) is 9.72. The van der Waals surface area contributed by atoms with Gasteiger partial charge in [-0.25, -0.2) is 0 Å².